The van der Waals surface area contributed by atoms with Crippen LogP contribution in [0.1, 0.15) is 42.2 Å². The molecule has 6 heteroatoms. The number of hydrogen-bond acceptors (Lipinski definition) is 5. The van der Waals surface area contributed by atoms with Crippen LogP contribution in [-0.2, 0) is 16.0 Å². The molecule has 1 heterocycles. The number of rotatable bonds is 7. The van der Waals surface area contributed by atoms with Gasteiger partial charge in [0.15, 0.2) is 5.13 Å². The summed E-state index contributed by atoms with van der Waals surface area (Å²) >= 11 is 1.64. The average molecular weight is 310 g/mol. The largest absolute Gasteiger partial charge is 0.481 e. The molecule has 21 heavy (non-hydrogen) atoms. The highest BCUT2D eigenvalue weighted by molar-refractivity contribution is 7.15. The predicted molar refractivity (Wildman–Crippen MR) is 82.2 cm³/mol. The fourth-order valence-electron chi connectivity index (χ4n) is 2.64. The minimum atomic E-state index is -0.747. The highest BCUT2D eigenvalue weighted by Gasteiger charge is 2.30. The third-order valence-corrected chi connectivity index (χ3v) is 5.43. The summed E-state index contributed by atoms with van der Waals surface area (Å²) in [5.41, 5.74) is 0.791. The zero-order chi connectivity index (χ0) is 14.8. The first kappa shape index (κ1) is 14.8. The highest BCUT2D eigenvalue weighted by atomic mass is 32.1. The number of hydrogen-bond donors (Lipinski definition) is 1. The number of likely N-dealkylation sites (N-methyl/N-ethyl adjacent to an activating group) is 1. The molecule has 1 unspecified atom stereocenters. The summed E-state index contributed by atoms with van der Waals surface area (Å²) < 4.78 is 5.65. The summed E-state index contributed by atoms with van der Waals surface area (Å²) in [5.74, 6) is -0.375. The minimum Gasteiger partial charge on any atom is -0.481 e. The van der Waals surface area contributed by atoms with Crippen LogP contribution in [0.15, 0.2) is 0 Å². The standard InChI is InChI=1S/C15H22N2O3S/c1-17(7-8-20-9-10-5-6-10)15-16-13-11(14(18)19)3-2-4-12(13)21-15/h10-11H,2-9H2,1H3,(H,18,19). The van der Waals surface area contributed by atoms with Crippen molar-refractivity contribution in [3.63, 3.8) is 0 Å². The van der Waals surface area contributed by atoms with Crippen LogP contribution >= 0.6 is 11.3 Å². The number of carbonyl (C=O) groups is 1. The number of carboxylic acid groups (broad SMARTS) is 1. The number of ether oxygens (including phenoxy) is 1. The Morgan fingerprint density at radius 3 is 3.00 bits per heavy atom. The van der Waals surface area contributed by atoms with E-state index in [1.54, 1.807) is 11.3 Å². The van der Waals surface area contributed by atoms with Crippen molar-refractivity contribution in [2.24, 2.45) is 5.92 Å². The fourth-order valence-corrected chi connectivity index (χ4v) is 3.79. The lowest BCUT2D eigenvalue weighted by Crippen LogP contribution is -2.23. The molecular weight excluding hydrogens is 288 g/mol. The number of nitrogens with zero attached hydrogens (tertiary/aromatic N) is 2. The predicted octanol–water partition coefficient (Wildman–Crippen LogP) is 2.51. The van der Waals surface area contributed by atoms with Crippen molar-refractivity contribution in [3.05, 3.63) is 10.6 Å². The molecule has 1 N–H and O–H groups in total. The highest BCUT2D eigenvalue weighted by Crippen LogP contribution is 2.37. The first-order valence-electron chi connectivity index (χ1n) is 7.66. The van der Waals surface area contributed by atoms with Gasteiger partial charge in [0.1, 0.15) is 5.92 Å². The molecule has 0 aliphatic heterocycles. The lowest BCUT2D eigenvalue weighted by atomic mass is 9.91. The van der Waals surface area contributed by atoms with Gasteiger partial charge in [-0.2, -0.15) is 0 Å². The van der Waals surface area contributed by atoms with Crippen LogP contribution in [0.5, 0.6) is 0 Å². The number of carboxylic acids is 1. The van der Waals surface area contributed by atoms with Crippen LogP contribution in [0.4, 0.5) is 5.13 Å². The zero-order valence-corrected chi connectivity index (χ0v) is 13.2. The molecule has 1 aromatic heterocycles. The van der Waals surface area contributed by atoms with Crippen molar-refractivity contribution < 1.29 is 14.6 Å². The van der Waals surface area contributed by atoms with Gasteiger partial charge in [-0.3, -0.25) is 4.79 Å². The number of aliphatic carboxylic acids is 1. The number of aromatic nitrogens is 1. The van der Waals surface area contributed by atoms with E-state index in [-0.39, 0.29) is 0 Å². The van der Waals surface area contributed by atoms with Crippen molar-refractivity contribution >= 4 is 22.4 Å². The maximum Gasteiger partial charge on any atom is 0.312 e. The van der Waals surface area contributed by atoms with Crippen LogP contribution in [-0.4, -0.2) is 42.9 Å². The van der Waals surface area contributed by atoms with E-state index in [0.29, 0.717) is 13.0 Å². The van der Waals surface area contributed by atoms with Crippen LogP contribution in [0, 0.1) is 5.92 Å². The van der Waals surface area contributed by atoms with Crippen molar-refractivity contribution in [1.29, 1.82) is 0 Å². The topological polar surface area (TPSA) is 62.7 Å². The molecule has 5 nitrogen and oxygen atoms in total. The van der Waals surface area contributed by atoms with E-state index in [2.05, 4.69) is 9.88 Å². The molecule has 2 aliphatic carbocycles. The van der Waals surface area contributed by atoms with E-state index < -0.39 is 11.9 Å². The van der Waals surface area contributed by atoms with Gasteiger partial charge < -0.3 is 14.7 Å². The number of fused-ring (bicyclic) bond motifs is 1. The molecule has 1 atom stereocenters. The Morgan fingerprint density at radius 1 is 1.48 bits per heavy atom. The molecular formula is C15H22N2O3S. The summed E-state index contributed by atoms with van der Waals surface area (Å²) in [6.45, 7) is 2.39. The molecule has 0 bridgehead atoms. The second-order valence-electron chi connectivity index (χ2n) is 6.03. The first-order chi connectivity index (χ1) is 10.1. The Bertz CT molecular complexity index is 513. The van der Waals surface area contributed by atoms with Crippen molar-refractivity contribution in [1.82, 2.24) is 4.98 Å². The number of anilines is 1. The van der Waals surface area contributed by atoms with Gasteiger partial charge in [0.2, 0.25) is 0 Å². The van der Waals surface area contributed by atoms with E-state index in [1.165, 1.54) is 12.8 Å². The summed E-state index contributed by atoms with van der Waals surface area (Å²) in [4.78, 5) is 19.1. The minimum absolute atomic E-state index is 0.418. The van der Waals surface area contributed by atoms with E-state index >= 15 is 0 Å². The van der Waals surface area contributed by atoms with Crippen molar-refractivity contribution in [3.8, 4) is 0 Å². The molecule has 0 spiro atoms. The zero-order valence-electron chi connectivity index (χ0n) is 12.4. The monoisotopic (exact) mass is 310 g/mol. The maximum absolute atomic E-state index is 11.3. The van der Waals surface area contributed by atoms with Gasteiger partial charge in [0.25, 0.3) is 0 Å². The van der Waals surface area contributed by atoms with Crippen LogP contribution < -0.4 is 4.90 Å². The van der Waals surface area contributed by atoms with Gasteiger partial charge in [-0.15, -0.1) is 11.3 Å². The second-order valence-corrected chi connectivity index (χ2v) is 7.09. The molecule has 0 amide bonds. The molecule has 0 saturated heterocycles. The molecule has 1 saturated carbocycles. The summed E-state index contributed by atoms with van der Waals surface area (Å²) in [6.07, 6.45) is 5.24. The Morgan fingerprint density at radius 2 is 2.29 bits per heavy atom. The molecule has 2 aliphatic rings. The van der Waals surface area contributed by atoms with Gasteiger partial charge in [0.05, 0.1) is 12.3 Å². The van der Waals surface area contributed by atoms with Gasteiger partial charge in [0, 0.05) is 25.1 Å². The van der Waals surface area contributed by atoms with E-state index in [1.807, 2.05) is 7.05 Å². The third kappa shape index (κ3) is 3.55. The van der Waals surface area contributed by atoms with Gasteiger partial charge in [-0.05, 0) is 38.0 Å². The summed E-state index contributed by atoms with van der Waals surface area (Å²) in [7, 11) is 2.00. The van der Waals surface area contributed by atoms with Crippen molar-refractivity contribution in [2.45, 2.75) is 38.0 Å². The van der Waals surface area contributed by atoms with E-state index in [4.69, 9.17) is 4.74 Å². The molecule has 3 rings (SSSR count). The lowest BCUT2D eigenvalue weighted by molar-refractivity contribution is -0.139. The first-order valence-corrected chi connectivity index (χ1v) is 8.48. The Balaban J connectivity index is 1.58. The molecule has 1 aromatic rings. The molecule has 0 aromatic carbocycles. The third-order valence-electron chi connectivity index (χ3n) is 4.19. The molecule has 116 valence electrons. The van der Waals surface area contributed by atoms with Gasteiger partial charge in [-0.25, -0.2) is 4.98 Å². The SMILES string of the molecule is CN(CCOCC1CC1)c1nc2c(s1)CCCC2C(=O)O. The van der Waals surface area contributed by atoms with Gasteiger partial charge in [-0.1, -0.05) is 0 Å². The second kappa shape index (κ2) is 6.32. The smallest absolute Gasteiger partial charge is 0.312 e. The summed E-state index contributed by atoms with van der Waals surface area (Å²) in [6, 6.07) is 0. The van der Waals surface area contributed by atoms with Crippen molar-refractivity contribution in [2.75, 3.05) is 31.7 Å². The fraction of sp³-hybridized carbons (Fsp3) is 0.733. The quantitative estimate of drug-likeness (QED) is 0.784. The van der Waals surface area contributed by atoms with Crippen LogP contribution in [0.2, 0.25) is 0 Å². The van der Waals surface area contributed by atoms with Crippen LogP contribution in [0.25, 0.3) is 0 Å². The Kier molecular flexibility index (Phi) is 4.45. The molecule has 1 fully saturated rings. The van der Waals surface area contributed by atoms with E-state index in [0.717, 1.165) is 47.6 Å². The van der Waals surface area contributed by atoms with E-state index in [9.17, 15) is 9.90 Å². The lowest BCUT2D eigenvalue weighted by Gasteiger charge is -2.16. The number of aryl methyl sites for hydroxylation is 1. The Hall–Kier alpha value is -1.14. The summed E-state index contributed by atoms with van der Waals surface area (Å²) in [5, 5.41) is 10.2. The van der Waals surface area contributed by atoms with Crippen LogP contribution in [0.3, 0.4) is 0 Å². The van der Waals surface area contributed by atoms with Gasteiger partial charge >= 0.3 is 5.97 Å². The normalized spacial score (nSPS) is 21.1. The average Bonchev–Trinajstić information content (AvgIpc) is 3.18. The Labute approximate surface area is 128 Å². The maximum atomic E-state index is 11.3. The molecule has 0 radical (unpaired) electrons. The number of thiazole rings is 1.